The van der Waals surface area contributed by atoms with Crippen LogP contribution in [-0.2, 0) is 6.42 Å². The third kappa shape index (κ3) is 4.89. The second-order valence-electron chi connectivity index (χ2n) is 6.97. The number of nitrogens with one attached hydrogen (secondary N) is 1. The van der Waals surface area contributed by atoms with Crippen LogP contribution in [0.15, 0.2) is 54.6 Å². The first-order chi connectivity index (χ1) is 12.2. The zero-order valence-electron chi connectivity index (χ0n) is 14.6. The molecule has 0 aliphatic heterocycles. The van der Waals surface area contributed by atoms with Crippen LogP contribution in [-0.4, -0.2) is 11.5 Å². The monoisotopic (exact) mass is 338 g/mol. The maximum atomic E-state index is 11.3. The maximum Gasteiger partial charge on any atom is 0.272 e. The van der Waals surface area contributed by atoms with E-state index >= 15 is 0 Å². The van der Waals surface area contributed by atoms with Crippen molar-refractivity contribution in [2.45, 2.75) is 44.6 Å². The number of hydrogen-bond donors (Lipinski definition) is 1. The van der Waals surface area contributed by atoms with Gasteiger partial charge in [-0.25, -0.2) is 0 Å². The normalized spacial score (nSPS) is 16.5. The molecule has 0 aromatic heterocycles. The molecule has 4 nitrogen and oxygen atoms in total. The fourth-order valence-corrected chi connectivity index (χ4v) is 3.77. The molecule has 1 aliphatic rings. The van der Waals surface area contributed by atoms with Crippen LogP contribution in [0.25, 0.3) is 0 Å². The molecule has 0 amide bonds. The van der Waals surface area contributed by atoms with Crippen molar-refractivity contribution >= 4 is 5.69 Å². The first-order valence-electron chi connectivity index (χ1n) is 9.24. The Kier molecular flexibility index (Phi) is 6.18. The molecule has 0 radical (unpaired) electrons. The minimum Gasteiger partial charge on any atom is -0.309 e. The van der Waals surface area contributed by atoms with Gasteiger partial charge in [-0.05, 0) is 37.3 Å². The van der Waals surface area contributed by atoms with Crippen LogP contribution in [0.4, 0.5) is 5.69 Å². The average molecular weight is 338 g/mol. The van der Waals surface area contributed by atoms with E-state index in [9.17, 15) is 10.1 Å². The van der Waals surface area contributed by atoms with Gasteiger partial charge in [0.05, 0.1) is 4.92 Å². The molecular weight excluding hydrogens is 312 g/mol. The van der Waals surface area contributed by atoms with Crippen molar-refractivity contribution in [3.8, 4) is 0 Å². The Morgan fingerprint density at radius 1 is 1.00 bits per heavy atom. The molecule has 0 saturated heterocycles. The summed E-state index contributed by atoms with van der Waals surface area (Å²) in [5.74, 6) is 0.728. The van der Waals surface area contributed by atoms with Crippen LogP contribution in [0.3, 0.4) is 0 Å². The number of nitrogens with zero attached hydrogens (tertiary/aromatic N) is 1. The molecule has 1 N–H and O–H groups in total. The van der Waals surface area contributed by atoms with Gasteiger partial charge in [-0.1, -0.05) is 67.8 Å². The van der Waals surface area contributed by atoms with Gasteiger partial charge in [-0.2, -0.15) is 0 Å². The lowest BCUT2D eigenvalue weighted by molar-refractivity contribution is -0.385. The third-order valence-electron chi connectivity index (χ3n) is 5.19. The molecular formula is C21H26N2O2. The maximum absolute atomic E-state index is 11.3. The molecule has 1 saturated carbocycles. The highest BCUT2D eigenvalue weighted by atomic mass is 16.6. The molecule has 3 rings (SSSR count). The van der Waals surface area contributed by atoms with E-state index in [1.54, 1.807) is 12.1 Å². The van der Waals surface area contributed by atoms with Gasteiger partial charge in [0, 0.05) is 17.7 Å². The number of nitro groups is 1. The highest BCUT2D eigenvalue weighted by Gasteiger charge is 2.20. The van der Waals surface area contributed by atoms with Crippen molar-refractivity contribution in [3.63, 3.8) is 0 Å². The van der Waals surface area contributed by atoms with Crippen molar-refractivity contribution in [3.05, 3.63) is 75.8 Å². The predicted octanol–water partition coefficient (Wildman–Crippen LogP) is 5.05. The molecule has 1 atom stereocenters. The minimum absolute atomic E-state index is 0.101. The lowest BCUT2D eigenvalue weighted by Gasteiger charge is -2.26. The second kappa shape index (κ2) is 8.77. The third-order valence-corrected chi connectivity index (χ3v) is 5.19. The van der Waals surface area contributed by atoms with Gasteiger partial charge in [0.25, 0.3) is 5.69 Å². The Labute approximate surface area is 149 Å². The molecule has 132 valence electrons. The van der Waals surface area contributed by atoms with Crippen molar-refractivity contribution < 1.29 is 4.92 Å². The summed E-state index contributed by atoms with van der Waals surface area (Å²) >= 11 is 0. The Hall–Kier alpha value is -2.20. The molecule has 0 spiro atoms. The van der Waals surface area contributed by atoms with Crippen LogP contribution in [0.1, 0.15) is 49.3 Å². The quantitative estimate of drug-likeness (QED) is 0.568. The molecule has 0 heterocycles. The summed E-state index contributed by atoms with van der Waals surface area (Å²) in [6.45, 7) is 0.986. The summed E-state index contributed by atoms with van der Waals surface area (Å²) in [7, 11) is 0. The van der Waals surface area contributed by atoms with Gasteiger partial charge in [0.2, 0.25) is 0 Å². The largest absolute Gasteiger partial charge is 0.309 e. The summed E-state index contributed by atoms with van der Waals surface area (Å²) in [6.07, 6.45) is 7.22. The zero-order valence-corrected chi connectivity index (χ0v) is 14.6. The number of hydrogen-bond acceptors (Lipinski definition) is 3. The molecule has 2 aromatic carbocycles. The number of para-hydroxylation sites is 1. The Morgan fingerprint density at radius 2 is 1.68 bits per heavy atom. The first-order valence-corrected chi connectivity index (χ1v) is 9.24. The SMILES string of the molecule is O=[N+]([O-])c1ccccc1CC(NCC1CCCCC1)c1ccccc1. The van der Waals surface area contributed by atoms with Gasteiger partial charge < -0.3 is 5.32 Å². The summed E-state index contributed by atoms with van der Waals surface area (Å²) in [4.78, 5) is 11.1. The van der Waals surface area contributed by atoms with E-state index in [0.717, 1.165) is 18.0 Å². The lowest BCUT2D eigenvalue weighted by atomic mass is 9.88. The Balaban J connectivity index is 1.76. The van der Waals surface area contributed by atoms with Crippen LogP contribution in [0.2, 0.25) is 0 Å². The van der Waals surface area contributed by atoms with Crippen LogP contribution in [0, 0.1) is 16.0 Å². The van der Waals surface area contributed by atoms with Crippen LogP contribution < -0.4 is 5.32 Å². The van der Waals surface area contributed by atoms with E-state index in [1.165, 1.54) is 37.7 Å². The summed E-state index contributed by atoms with van der Waals surface area (Å²) in [6, 6.07) is 17.5. The van der Waals surface area contributed by atoms with E-state index in [1.807, 2.05) is 30.3 Å². The Morgan fingerprint density at radius 3 is 2.40 bits per heavy atom. The van der Waals surface area contributed by atoms with Crippen molar-refractivity contribution in [2.75, 3.05) is 6.54 Å². The van der Waals surface area contributed by atoms with Gasteiger partial charge in [-0.15, -0.1) is 0 Å². The summed E-state index contributed by atoms with van der Waals surface area (Å²) in [5.41, 5.74) is 2.19. The molecule has 1 unspecified atom stereocenters. The van der Waals surface area contributed by atoms with Crippen molar-refractivity contribution in [1.29, 1.82) is 0 Å². The lowest BCUT2D eigenvalue weighted by Crippen LogP contribution is -2.30. The molecule has 4 heteroatoms. The van der Waals surface area contributed by atoms with Gasteiger partial charge in [0.1, 0.15) is 0 Å². The predicted molar refractivity (Wildman–Crippen MR) is 101 cm³/mol. The fourth-order valence-electron chi connectivity index (χ4n) is 3.77. The second-order valence-corrected chi connectivity index (χ2v) is 6.97. The van der Waals surface area contributed by atoms with E-state index < -0.39 is 0 Å². The smallest absolute Gasteiger partial charge is 0.272 e. The van der Waals surface area contributed by atoms with E-state index in [-0.39, 0.29) is 16.7 Å². The number of nitro benzene ring substituents is 1. The van der Waals surface area contributed by atoms with Crippen LogP contribution in [0.5, 0.6) is 0 Å². The van der Waals surface area contributed by atoms with E-state index in [4.69, 9.17) is 0 Å². The van der Waals surface area contributed by atoms with Crippen LogP contribution >= 0.6 is 0 Å². The molecule has 0 bridgehead atoms. The Bertz CT molecular complexity index is 681. The fraction of sp³-hybridized carbons (Fsp3) is 0.429. The topological polar surface area (TPSA) is 55.2 Å². The van der Waals surface area contributed by atoms with Crippen molar-refractivity contribution in [1.82, 2.24) is 5.32 Å². The summed E-state index contributed by atoms with van der Waals surface area (Å²) in [5, 5.41) is 15.0. The first kappa shape index (κ1) is 17.6. The molecule has 25 heavy (non-hydrogen) atoms. The zero-order chi connectivity index (χ0) is 17.5. The molecule has 1 aliphatic carbocycles. The molecule has 1 fully saturated rings. The van der Waals surface area contributed by atoms with E-state index in [2.05, 4.69) is 17.4 Å². The number of benzene rings is 2. The number of rotatable bonds is 7. The standard InChI is InChI=1S/C21H26N2O2/c24-23(25)21-14-8-7-13-19(21)15-20(18-11-5-2-6-12-18)22-16-17-9-3-1-4-10-17/h2,5-8,11-14,17,20,22H,1,3-4,9-10,15-16H2. The van der Waals surface area contributed by atoms with E-state index in [0.29, 0.717) is 6.42 Å². The van der Waals surface area contributed by atoms with Gasteiger partial charge >= 0.3 is 0 Å². The van der Waals surface area contributed by atoms with Crippen molar-refractivity contribution in [2.24, 2.45) is 5.92 Å². The molecule has 2 aromatic rings. The van der Waals surface area contributed by atoms with Gasteiger partial charge in [-0.3, -0.25) is 10.1 Å². The highest BCUT2D eigenvalue weighted by molar-refractivity contribution is 5.41. The minimum atomic E-state index is -0.279. The van der Waals surface area contributed by atoms with Gasteiger partial charge in [0.15, 0.2) is 0 Å². The summed E-state index contributed by atoms with van der Waals surface area (Å²) < 4.78 is 0. The average Bonchev–Trinajstić information content (AvgIpc) is 2.67. The highest BCUT2D eigenvalue weighted by Crippen LogP contribution is 2.27.